The summed E-state index contributed by atoms with van der Waals surface area (Å²) in [5.74, 6) is 1.73. The zero-order valence-corrected chi connectivity index (χ0v) is 16.8. The summed E-state index contributed by atoms with van der Waals surface area (Å²) in [5, 5.41) is 0.637. The van der Waals surface area contributed by atoms with E-state index in [0.29, 0.717) is 36.0 Å². The van der Waals surface area contributed by atoms with Gasteiger partial charge in [0, 0.05) is 36.8 Å². The Balaban J connectivity index is 1.32. The van der Waals surface area contributed by atoms with Crippen molar-refractivity contribution in [1.29, 1.82) is 0 Å². The lowest BCUT2D eigenvalue weighted by atomic mass is 10.1. The molecule has 1 aliphatic heterocycles. The van der Waals surface area contributed by atoms with Crippen molar-refractivity contribution < 1.29 is 13.9 Å². The highest BCUT2D eigenvalue weighted by Crippen LogP contribution is 2.19. The number of hydrogen-bond acceptors (Lipinski definition) is 4. The predicted molar refractivity (Wildman–Crippen MR) is 112 cm³/mol. The minimum Gasteiger partial charge on any atom is -0.489 e. The molecular weight excluding hydrogens is 388 g/mol. The highest BCUT2D eigenvalue weighted by Gasteiger charge is 2.22. The molecule has 1 amide bonds. The van der Waals surface area contributed by atoms with Crippen LogP contribution < -0.4 is 4.74 Å². The molecule has 6 heteroatoms. The van der Waals surface area contributed by atoms with E-state index in [1.54, 1.807) is 12.3 Å². The molecule has 0 unspecified atom stereocenters. The van der Waals surface area contributed by atoms with Crippen molar-refractivity contribution in [1.82, 2.24) is 9.80 Å². The topological polar surface area (TPSA) is 45.9 Å². The Morgan fingerprint density at radius 2 is 1.83 bits per heavy atom. The van der Waals surface area contributed by atoms with Crippen molar-refractivity contribution in [2.75, 3.05) is 26.2 Å². The third kappa shape index (κ3) is 5.19. The number of halogens is 1. The molecule has 5 nitrogen and oxygen atoms in total. The quantitative estimate of drug-likeness (QED) is 0.601. The summed E-state index contributed by atoms with van der Waals surface area (Å²) >= 11 is 5.99. The summed E-state index contributed by atoms with van der Waals surface area (Å²) in [4.78, 5) is 17.1. The molecule has 1 aliphatic rings. The molecule has 3 aromatic rings. The van der Waals surface area contributed by atoms with Gasteiger partial charge in [-0.25, -0.2) is 0 Å². The Labute approximate surface area is 175 Å². The second-order valence-electron chi connectivity index (χ2n) is 7.09. The highest BCUT2D eigenvalue weighted by molar-refractivity contribution is 6.30. The summed E-state index contributed by atoms with van der Waals surface area (Å²) in [6.07, 6.45) is 1.69. The lowest BCUT2D eigenvalue weighted by Crippen LogP contribution is -2.48. The van der Waals surface area contributed by atoms with Gasteiger partial charge in [0.15, 0.2) is 0 Å². The second-order valence-corrected chi connectivity index (χ2v) is 7.53. The molecule has 2 heterocycles. The van der Waals surface area contributed by atoms with Gasteiger partial charge in [-0.1, -0.05) is 29.8 Å². The van der Waals surface area contributed by atoms with Crippen molar-refractivity contribution in [2.24, 2.45) is 0 Å². The molecule has 1 saturated heterocycles. The lowest BCUT2D eigenvalue weighted by molar-refractivity contribution is 0.0620. The van der Waals surface area contributed by atoms with E-state index in [4.69, 9.17) is 20.8 Å². The van der Waals surface area contributed by atoms with Crippen molar-refractivity contribution in [3.63, 3.8) is 0 Å². The maximum atomic E-state index is 12.9. The Kier molecular flexibility index (Phi) is 6.17. The molecule has 0 saturated carbocycles. The molecule has 0 aliphatic carbocycles. The van der Waals surface area contributed by atoms with E-state index in [9.17, 15) is 4.79 Å². The van der Waals surface area contributed by atoms with Gasteiger partial charge in [-0.3, -0.25) is 9.69 Å². The first-order valence-electron chi connectivity index (χ1n) is 9.69. The summed E-state index contributed by atoms with van der Waals surface area (Å²) in [5.41, 5.74) is 1.64. The first kappa shape index (κ1) is 19.6. The third-order valence-corrected chi connectivity index (χ3v) is 5.23. The summed E-state index contributed by atoms with van der Waals surface area (Å²) in [7, 11) is 0. The first-order valence-corrected chi connectivity index (χ1v) is 10.1. The lowest BCUT2D eigenvalue weighted by Gasteiger charge is -2.34. The molecule has 150 valence electrons. The van der Waals surface area contributed by atoms with Crippen LogP contribution in [0.5, 0.6) is 5.75 Å². The Hall–Kier alpha value is -2.76. The van der Waals surface area contributed by atoms with Gasteiger partial charge in [0.05, 0.1) is 12.8 Å². The molecule has 4 rings (SSSR count). The second kappa shape index (κ2) is 9.16. The number of furan rings is 1. The average molecular weight is 411 g/mol. The molecular formula is C23H23ClN2O3. The number of benzene rings is 2. The highest BCUT2D eigenvalue weighted by atomic mass is 35.5. The smallest absolute Gasteiger partial charge is 0.253 e. The summed E-state index contributed by atoms with van der Waals surface area (Å²) in [6.45, 7) is 4.27. The zero-order chi connectivity index (χ0) is 20.1. The fraction of sp³-hybridized carbons (Fsp3) is 0.261. The minimum atomic E-state index is 0.0623. The molecule has 0 N–H and O–H groups in total. The Bertz CT molecular complexity index is 950. The van der Waals surface area contributed by atoms with Crippen LogP contribution >= 0.6 is 11.6 Å². The fourth-order valence-corrected chi connectivity index (χ4v) is 3.61. The standard InChI is InChI=1S/C23H23ClN2O3/c24-20-6-2-7-21(15-20)29-17-18-4-1-5-19(14-18)23(27)26-11-9-25(10-12-26)16-22-8-3-13-28-22/h1-8,13-15H,9-12,16-17H2. The van der Waals surface area contributed by atoms with Crippen molar-refractivity contribution in [3.8, 4) is 5.75 Å². The van der Waals surface area contributed by atoms with E-state index in [-0.39, 0.29) is 5.91 Å². The van der Waals surface area contributed by atoms with Crippen LogP contribution in [0.4, 0.5) is 0 Å². The van der Waals surface area contributed by atoms with Crippen LogP contribution in [0.2, 0.25) is 5.02 Å². The van der Waals surface area contributed by atoms with Gasteiger partial charge in [0.25, 0.3) is 5.91 Å². The molecule has 0 bridgehead atoms. The van der Waals surface area contributed by atoms with Crippen LogP contribution in [0.1, 0.15) is 21.7 Å². The number of carbonyl (C=O) groups excluding carboxylic acids is 1. The van der Waals surface area contributed by atoms with Gasteiger partial charge >= 0.3 is 0 Å². The molecule has 2 aromatic carbocycles. The van der Waals surface area contributed by atoms with Crippen molar-refractivity contribution in [3.05, 3.63) is 88.8 Å². The van der Waals surface area contributed by atoms with Gasteiger partial charge in [-0.2, -0.15) is 0 Å². The van der Waals surface area contributed by atoms with Crippen LogP contribution in [0.15, 0.2) is 71.3 Å². The SMILES string of the molecule is O=C(c1cccc(COc2cccc(Cl)c2)c1)N1CCN(Cc2ccco2)CC1. The van der Waals surface area contributed by atoms with E-state index in [1.165, 1.54) is 0 Å². The van der Waals surface area contributed by atoms with Gasteiger partial charge in [-0.15, -0.1) is 0 Å². The van der Waals surface area contributed by atoms with Crippen molar-refractivity contribution in [2.45, 2.75) is 13.2 Å². The van der Waals surface area contributed by atoms with E-state index in [0.717, 1.165) is 31.0 Å². The molecule has 0 atom stereocenters. The molecule has 29 heavy (non-hydrogen) atoms. The molecule has 1 aromatic heterocycles. The maximum Gasteiger partial charge on any atom is 0.253 e. The number of nitrogens with zero attached hydrogens (tertiary/aromatic N) is 2. The monoisotopic (exact) mass is 410 g/mol. The zero-order valence-electron chi connectivity index (χ0n) is 16.1. The van der Waals surface area contributed by atoms with Crippen LogP contribution in [0.25, 0.3) is 0 Å². The van der Waals surface area contributed by atoms with Crippen LogP contribution in [0.3, 0.4) is 0 Å². The minimum absolute atomic E-state index is 0.0623. The van der Waals surface area contributed by atoms with Crippen LogP contribution in [0, 0.1) is 0 Å². The third-order valence-electron chi connectivity index (χ3n) is 4.99. The number of carbonyl (C=O) groups is 1. The molecule has 1 fully saturated rings. The number of hydrogen-bond donors (Lipinski definition) is 0. The largest absolute Gasteiger partial charge is 0.489 e. The maximum absolute atomic E-state index is 12.9. The van der Waals surface area contributed by atoms with E-state index >= 15 is 0 Å². The Morgan fingerprint density at radius 1 is 1.00 bits per heavy atom. The van der Waals surface area contributed by atoms with E-state index in [2.05, 4.69) is 4.90 Å². The van der Waals surface area contributed by atoms with Gasteiger partial charge in [0.2, 0.25) is 0 Å². The normalized spacial score (nSPS) is 14.7. The molecule has 0 spiro atoms. The number of rotatable bonds is 6. The van der Waals surface area contributed by atoms with E-state index in [1.807, 2.05) is 59.5 Å². The van der Waals surface area contributed by atoms with E-state index < -0.39 is 0 Å². The van der Waals surface area contributed by atoms with Crippen molar-refractivity contribution >= 4 is 17.5 Å². The average Bonchev–Trinajstić information content (AvgIpc) is 3.26. The predicted octanol–water partition coefficient (Wildman–Crippen LogP) is 4.47. The van der Waals surface area contributed by atoms with Crippen LogP contribution in [-0.4, -0.2) is 41.9 Å². The molecule has 0 radical (unpaired) electrons. The number of amides is 1. The summed E-state index contributed by atoms with van der Waals surface area (Å²) in [6, 6.07) is 18.8. The van der Waals surface area contributed by atoms with Crippen LogP contribution in [-0.2, 0) is 13.2 Å². The summed E-state index contributed by atoms with van der Waals surface area (Å²) < 4.78 is 11.2. The van der Waals surface area contributed by atoms with Gasteiger partial charge in [-0.05, 0) is 48.0 Å². The first-order chi connectivity index (χ1) is 14.2. The fourth-order valence-electron chi connectivity index (χ4n) is 3.43. The Morgan fingerprint density at radius 3 is 2.59 bits per heavy atom. The van der Waals surface area contributed by atoms with Gasteiger partial charge in [0.1, 0.15) is 18.1 Å². The number of ether oxygens (including phenoxy) is 1. The number of piperazine rings is 1. The van der Waals surface area contributed by atoms with Gasteiger partial charge < -0.3 is 14.1 Å².